The van der Waals surface area contributed by atoms with Gasteiger partial charge in [0.15, 0.2) is 11.5 Å². The SMILES string of the molecule is COc1ccc(-c2nc(C#N)c(NCC[NH+](C)C)o2)cc1OC. The van der Waals surface area contributed by atoms with Crippen LogP contribution in [0.1, 0.15) is 5.69 Å². The van der Waals surface area contributed by atoms with Crippen molar-refractivity contribution in [2.24, 2.45) is 0 Å². The zero-order valence-electron chi connectivity index (χ0n) is 13.8. The number of anilines is 1. The highest BCUT2D eigenvalue weighted by Crippen LogP contribution is 2.33. The first-order chi connectivity index (χ1) is 11.1. The second-order valence-electron chi connectivity index (χ2n) is 5.26. The third kappa shape index (κ3) is 3.93. The van der Waals surface area contributed by atoms with Crippen LogP contribution in [0.5, 0.6) is 11.5 Å². The minimum absolute atomic E-state index is 0.239. The number of ether oxygens (including phenoxy) is 2. The number of aromatic nitrogens is 1. The van der Waals surface area contributed by atoms with Crippen molar-refractivity contribution in [3.63, 3.8) is 0 Å². The van der Waals surface area contributed by atoms with E-state index in [9.17, 15) is 5.26 Å². The molecule has 0 atom stereocenters. The van der Waals surface area contributed by atoms with E-state index in [2.05, 4.69) is 24.4 Å². The van der Waals surface area contributed by atoms with E-state index in [0.717, 1.165) is 6.54 Å². The maximum Gasteiger partial charge on any atom is 0.232 e. The molecule has 2 N–H and O–H groups in total. The Hall–Kier alpha value is -2.72. The predicted octanol–water partition coefficient (Wildman–Crippen LogP) is 0.787. The molecule has 0 saturated heterocycles. The minimum atomic E-state index is 0.239. The van der Waals surface area contributed by atoms with E-state index in [0.29, 0.717) is 35.4 Å². The van der Waals surface area contributed by atoms with Gasteiger partial charge in [-0.3, -0.25) is 0 Å². The fraction of sp³-hybridized carbons (Fsp3) is 0.375. The molecule has 0 saturated carbocycles. The van der Waals surface area contributed by atoms with Crippen molar-refractivity contribution in [1.29, 1.82) is 5.26 Å². The summed E-state index contributed by atoms with van der Waals surface area (Å²) < 4.78 is 16.2. The van der Waals surface area contributed by atoms with Crippen molar-refractivity contribution in [2.75, 3.05) is 46.7 Å². The minimum Gasteiger partial charge on any atom is -0.493 e. The summed E-state index contributed by atoms with van der Waals surface area (Å²) in [6.07, 6.45) is 0. The summed E-state index contributed by atoms with van der Waals surface area (Å²) in [5.74, 6) is 1.95. The lowest BCUT2D eigenvalue weighted by atomic mass is 10.2. The van der Waals surface area contributed by atoms with E-state index < -0.39 is 0 Å². The van der Waals surface area contributed by atoms with Crippen LogP contribution in [0.2, 0.25) is 0 Å². The lowest BCUT2D eigenvalue weighted by Gasteiger charge is -2.08. The molecule has 0 unspecified atom stereocenters. The van der Waals surface area contributed by atoms with Gasteiger partial charge in [0, 0.05) is 5.56 Å². The fourth-order valence-electron chi connectivity index (χ4n) is 2.03. The molecule has 1 heterocycles. The van der Waals surface area contributed by atoms with Gasteiger partial charge in [0.1, 0.15) is 6.07 Å². The molecule has 0 fully saturated rings. The van der Waals surface area contributed by atoms with Gasteiger partial charge in [-0.15, -0.1) is 0 Å². The molecule has 1 aromatic heterocycles. The number of oxazole rings is 1. The van der Waals surface area contributed by atoms with E-state index in [1.54, 1.807) is 26.4 Å². The third-order valence-electron chi connectivity index (χ3n) is 3.27. The Morgan fingerprint density at radius 2 is 2.00 bits per heavy atom. The number of nitriles is 1. The van der Waals surface area contributed by atoms with E-state index in [1.165, 1.54) is 4.90 Å². The van der Waals surface area contributed by atoms with Gasteiger partial charge < -0.3 is 24.1 Å². The highest BCUT2D eigenvalue weighted by Gasteiger charge is 2.16. The Bertz CT molecular complexity index is 704. The maximum absolute atomic E-state index is 9.21. The number of nitrogens with one attached hydrogen (secondary N) is 2. The number of benzene rings is 1. The molecule has 0 aliphatic rings. The zero-order valence-corrected chi connectivity index (χ0v) is 13.8. The molecule has 2 aromatic rings. The normalized spacial score (nSPS) is 10.4. The van der Waals surface area contributed by atoms with Gasteiger partial charge >= 0.3 is 0 Å². The first-order valence-electron chi connectivity index (χ1n) is 7.25. The molecule has 23 heavy (non-hydrogen) atoms. The van der Waals surface area contributed by atoms with Crippen molar-refractivity contribution < 1.29 is 18.8 Å². The van der Waals surface area contributed by atoms with E-state index in [-0.39, 0.29) is 5.69 Å². The zero-order chi connectivity index (χ0) is 16.8. The highest BCUT2D eigenvalue weighted by atomic mass is 16.5. The van der Waals surface area contributed by atoms with Crippen LogP contribution < -0.4 is 19.7 Å². The monoisotopic (exact) mass is 317 g/mol. The Morgan fingerprint density at radius 1 is 1.26 bits per heavy atom. The van der Waals surface area contributed by atoms with Crippen LogP contribution in [0.4, 0.5) is 5.88 Å². The van der Waals surface area contributed by atoms with Crippen molar-refractivity contribution in [3.8, 4) is 29.0 Å². The van der Waals surface area contributed by atoms with Crippen LogP contribution in [0.25, 0.3) is 11.5 Å². The van der Waals surface area contributed by atoms with Crippen LogP contribution in [-0.2, 0) is 0 Å². The van der Waals surface area contributed by atoms with Crippen LogP contribution in [0.3, 0.4) is 0 Å². The first-order valence-corrected chi connectivity index (χ1v) is 7.25. The van der Waals surface area contributed by atoms with Gasteiger partial charge in [0.05, 0.1) is 41.4 Å². The fourth-order valence-corrected chi connectivity index (χ4v) is 2.03. The van der Waals surface area contributed by atoms with Crippen molar-refractivity contribution in [1.82, 2.24) is 4.98 Å². The van der Waals surface area contributed by atoms with E-state index >= 15 is 0 Å². The Kier molecular flexibility index (Phi) is 5.44. The summed E-state index contributed by atoms with van der Waals surface area (Å²) >= 11 is 0. The average Bonchev–Trinajstić information content (AvgIpc) is 2.97. The maximum atomic E-state index is 9.21. The van der Waals surface area contributed by atoms with Gasteiger partial charge in [-0.1, -0.05) is 0 Å². The van der Waals surface area contributed by atoms with Gasteiger partial charge in [0.25, 0.3) is 0 Å². The lowest BCUT2D eigenvalue weighted by molar-refractivity contribution is -0.856. The van der Waals surface area contributed by atoms with Crippen LogP contribution in [0, 0.1) is 11.3 Å². The van der Waals surface area contributed by atoms with Gasteiger partial charge in [-0.25, -0.2) is 0 Å². The second-order valence-corrected chi connectivity index (χ2v) is 5.26. The number of nitrogens with zero attached hydrogens (tertiary/aromatic N) is 2. The van der Waals surface area contributed by atoms with Crippen molar-refractivity contribution >= 4 is 5.88 Å². The van der Waals surface area contributed by atoms with Crippen LogP contribution in [0.15, 0.2) is 22.6 Å². The van der Waals surface area contributed by atoms with Gasteiger partial charge in [-0.2, -0.15) is 10.2 Å². The second kappa shape index (κ2) is 7.51. The molecular formula is C16H21N4O3+. The Labute approximate surface area is 135 Å². The average molecular weight is 317 g/mol. The number of quaternary nitrogens is 1. The molecule has 0 aliphatic heterocycles. The smallest absolute Gasteiger partial charge is 0.232 e. The van der Waals surface area contributed by atoms with Gasteiger partial charge in [0.2, 0.25) is 17.5 Å². The molecule has 0 radical (unpaired) electrons. The molecule has 0 amide bonds. The van der Waals surface area contributed by atoms with Crippen molar-refractivity contribution in [2.45, 2.75) is 0 Å². The molecule has 1 aromatic carbocycles. The Balaban J connectivity index is 2.27. The summed E-state index contributed by atoms with van der Waals surface area (Å²) in [6, 6.07) is 7.39. The number of hydrogen-bond acceptors (Lipinski definition) is 6. The summed E-state index contributed by atoms with van der Waals surface area (Å²) in [4.78, 5) is 5.54. The molecule has 122 valence electrons. The van der Waals surface area contributed by atoms with Crippen LogP contribution in [-0.4, -0.2) is 46.4 Å². The molecule has 0 spiro atoms. The summed E-state index contributed by atoms with van der Waals surface area (Å²) in [5.41, 5.74) is 0.953. The molecule has 0 bridgehead atoms. The summed E-state index contributed by atoms with van der Waals surface area (Å²) in [5, 5.41) is 12.3. The highest BCUT2D eigenvalue weighted by molar-refractivity contribution is 5.63. The number of likely N-dealkylation sites (N-methyl/N-ethyl adjacent to an activating group) is 1. The summed E-state index contributed by atoms with van der Waals surface area (Å²) in [7, 11) is 7.25. The molecule has 0 aliphatic carbocycles. The molecule has 7 nitrogen and oxygen atoms in total. The quantitative estimate of drug-likeness (QED) is 0.785. The van der Waals surface area contributed by atoms with E-state index in [4.69, 9.17) is 13.9 Å². The first kappa shape index (κ1) is 16.6. The largest absolute Gasteiger partial charge is 0.493 e. The topological polar surface area (TPSA) is 84.8 Å². The number of rotatable bonds is 7. The molecular weight excluding hydrogens is 296 g/mol. The molecule has 7 heteroatoms. The standard InChI is InChI=1S/C16H20N4O3/c1-20(2)8-7-18-16-12(10-17)19-15(23-16)11-5-6-13(21-3)14(9-11)22-4/h5-6,9,18H,7-8H2,1-4H3/p+1. The predicted molar refractivity (Wildman–Crippen MR) is 85.9 cm³/mol. The van der Waals surface area contributed by atoms with Crippen LogP contribution >= 0.6 is 0 Å². The summed E-state index contributed by atoms with van der Waals surface area (Å²) in [6.45, 7) is 1.59. The van der Waals surface area contributed by atoms with E-state index in [1.807, 2.05) is 12.1 Å². The number of methoxy groups -OCH3 is 2. The Morgan fingerprint density at radius 3 is 2.61 bits per heavy atom. The van der Waals surface area contributed by atoms with Crippen molar-refractivity contribution in [3.05, 3.63) is 23.9 Å². The number of hydrogen-bond donors (Lipinski definition) is 2. The third-order valence-corrected chi connectivity index (χ3v) is 3.27. The molecule has 2 rings (SSSR count). The lowest BCUT2D eigenvalue weighted by Crippen LogP contribution is -3.06. The van der Waals surface area contributed by atoms with Gasteiger partial charge in [-0.05, 0) is 18.2 Å².